The molecule has 0 aliphatic heterocycles. The van der Waals surface area contributed by atoms with Gasteiger partial charge in [-0.3, -0.25) is 10.2 Å². The van der Waals surface area contributed by atoms with Gasteiger partial charge in [0.2, 0.25) is 0 Å². The molecule has 0 aliphatic carbocycles. The average Bonchev–Trinajstić information content (AvgIpc) is 3.09. The molecule has 2 aromatic heterocycles. The van der Waals surface area contributed by atoms with E-state index < -0.39 is 23.7 Å². The molecule has 0 radical (unpaired) electrons. The molecule has 0 saturated carbocycles. The zero-order chi connectivity index (χ0) is 21.3. The number of hydrogen-bond donors (Lipinski definition) is 4. The number of aromatic nitrogens is 3. The molecule has 0 aliphatic rings. The number of nitrogens with zero attached hydrogens (tertiary/aromatic N) is 2. The number of alkyl halides is 2. The number of fused-ring (bicyclic) bond motifs is 1. The number of anilines is 1. The summed E-state index contributed by atoms with van der Waals surface area (Å²) in [6, 6.07) is 2.52. The van der Waals surface area contributed by atoms with Crippen molar-refractivity contribution in [3.8, 4) is 0 Å². The number of halogens is 3. The topological polar surface area (TPSA) is 107 Å². The Morgan fingerprint density at radius 3 is 2.69 bits per heavy atom. The Kier molecular flexibility index (Phi) is 5.27. The van der Waals surface area contributed by atoms with E-state index >= 15 is 0 Å². The van der Waals surface area contributed by atoms with E-state index in [1.54, 1.807) is 7.05 Å². The van der Waals surface area contributed by atoms with E-state index in [1.165, 1.54) is 37.5 Å². The number of amides is 1. The van der Waals surface area contributed by atoms with E-state index in [0.29, 0.717) is 18.2 Å². The Balaban J connectivity index is 1.97. The molecule has 152 valence electrons. The summed E-state index contributed by atoms with van der Waals surface area (Å²) in [7, 11) is 1.60. The fraction of sp³-hybridized carbons (Fsp3) is 0.263. The van der Waals surface area contributed by atoms with Gasteiger partial charge in [-0.1, -0.05) is 0 Å². The van der Waals surface area contributed by atoms with Gasteiger partial charge in [-0.25, -0.2) is 23.1 Å². The van der Waals surface area contributed by atoms with Gasteiger partial charge >= 0.3 is 0 Å². The van der Waals surface area contributed by atoms with Gasteiger partial charge < -0.3 is 15.6 Å². The second-order valence-corrected chi connectivity index (χ2v) is 6.62. The fourth-order valence-electron chi connectivity index (χ4n) is 2.67. The lowest BCUT2D eigenvalue weighted by atomic mass is 10.1. The van der Waals surface area contributed by atoms with Crippen LogP contribution >= 0.6 is 0 Å². The first-order valence-electron chi connectivity index (χ1n) is 8.71. The van der Waals surface area contributed by atoms with Crippen LogP contribution in [0, 0.1) is 11.2 Å². The van der Waals surface area contributed by atoms with Crippen LogP contribution in [0.3, 0.4) is 0 Å². The quantitative estimate of drug-likeness (QED) is 0.473. The van der Waals surface area contributed by atoms with E-state index in [1.807, 2.05) is 0 Å². The van der Waals surface area contributed by atoms with Crippen LogP contribution in [-0.4, -0.2) is 45.6 Å². The summed E-state index contributed by atoms with van der Waals surface area (Å²) in [5.74, 6) is -4.29. The molecule has 29 heavy (non-hydrogen) atoms. The second kappa shape index (κ2) is 7.53. The van der Waals surface area contributed by atoms with Crippen molar-refractivity contribution in [3.05, 3.63) is 53.2 Å². The minimum Gasteiger partial charge on any atom is -0.387 e. The molecule has 7 nitrogen and oxygen atoms in total. The van der Waals surface area contributed by atoms with Crippen molar-refractivity contribution in [1.29, 1.82) is 5.41 Å². The first-order chi connectivity index (χ1) is 13.6. The minimum absolute atomic E-state index is 0.0335. The lowest BCUT2D eigenvalue weighted by molar-refractivity contribution is -0.0108. The third-order valence-electron chi connectivity index (χ3n) is 4.51. The normalized spacial score (nSPS) is 12.6. The summed E-state index contributed by atoms with van der Waals surface area (Å²) < 4.78 is 40.2. The molecule has 3 aromatic rings. The lowest BCUT2D eigenvalue weighted by Crippen LogP contribution is -2.43. The van der Waals surface area contributed by atoms with Gasteiger partial charge in [0, 0.05) is 31.4 Å². The summed E-state index contributed by atoms with van der Waals surface area (Å²) >= 11 is 0. The third kappa shape index (κ3) is 4.05. The monoisotopic (exact) mass is 404 g/mol. The Morgan fingerprint density at radius 2 is 2.03 bits per heavy atom. The van der Waals surface area contributed by atoms with E-state index in [-0.39, 0.29) is 28.1 Å². The van der Waals surface area contributed by atoms with Crippen LogP contribution in [0.25, 0.3) is 11.2 Å². The van der Waals surface area contributed by atoms with Crippen LogP contribution in [-0.2, 0) is 0 Å². The van der Waals surface area contributed by atoms with Crippen LogP contribution in [0.15, 0.2) is 30.6 Å². The largest absolute Gasteiger partial charge is 0.387 e. The highest BCUT2D eigenvalue weighted by atomic mass is 19.3. The Labute approximate surface area is 164 Å². The van der Waals surface area contributed by atoms with E-state index in [4.69, 9.17) is 5.41 Å². The maximum Gasteiger partial charge on any atom is 0.264 e. The number of nitrogens with one attached hydrogen (secondary N) is 4. The molecule has 0 saturated heterocycles. The van der Waals surface area contributed by atoms with Gasteiger partial charge in [0.1, 0.15) is 17.0 Å². The number of aromatic amines is 1. The zero-order valence-electron chi connectivity index (χ0n) is 15.9. The molecule has 10 heteroatoms. The average molecular weight is 404 g/mol. The van der Waals surface area contributed by atoms with Gasteiger partial charge in [0.05, 0.1) is 23.5 Å². The SMILES string of the molecule is CNc1cc(F)ccc1C(=N)c1cnc2[nH]cc(C(=O)N[C@H](C)C(C)(F)F)c2n1. The predicted molar refractivity (Wildman–Crippen MR) is 103 cm³/mol. The van der Waals surface area contributed by atoms with Crippen molar-refractivity contribution in [3.63, 3.8) is 0 Å². The number of rotatable bonds is 6. The number of benzene rings is 1. The van der Waals surface area contributed by atoms with Crippen molar-refractivity contribution < 1.29 is 18.0 Å². The molecular weight excluding hydrogens is 385 g/mol. The molecule has 0 bridgehead atoms. The highest BCUT2D eigenvalue weighted by Gasteiger charge is 2.32. The molecule has 2 heterocycles. The molecule has 1 aromatic carbocycles. The van der Waals surface area contributed by atoms with Gasteiger partial charge in [0.15, 0.2) is 5.65 Å². The number of H-pyrrole nitrogens is 1. The van der Waals surface area contributed by atoms with Gasteiger partial charge in [-0.15, -0.1) is 0 Å². The number of carbonyl (C=O) groups excluding carboxylic acids is 1. The van der Waals surface area contributed by atoms with Crippen LogP contribution in [0.2, 0.25) is 0 Å². The smallest absolute Gasteiger partial charge is 0.264 e. The highest BCUT2D eigenvalue weighted by Crippen LogP contribution is 2.22. The zero-order valence-corrected chi connectivity index (χ0v) is 15.9. The molecule has 1 amide bonds. The second-order valence-electron chi connectivity index (χ2n) is 6.62. The summed E-state index contributed by atoms with van der Waals surface area (Å²) in [4.78, 5) is 23.7. The lowest BCUT2D eigenvalue weighted by Gasteiger charge is -2.20. The molecule has 4 N–H and O–H groups in total. The molecule has 0 unspecified atom stereocenters. The van der Waals surface area contributed by atoms with Gasteiger partial charge in [0.25, 0.3) is 11.8 Å². The summed E-state index contributed by atoms with van der Waals surface area (Å²) in [5.41, 5.74) is 1.34. The summed E-state index contributed by atoms with van der Waals surface area (Å²) in [6.45, 7) is 1.92. The minimum atomic E-state index is -3.09. The van der Waals surface area contributed by atoms with Crippen LogP contribution in [0.1, 0.15) is 35.5 Å². The summed E-state index contributed by atoms with van der Waals surface area (Å²) in [5, 5.41) is 13.5. The molecule has 1 atom stereocenters. The molecule has 3 rings (SSSR count). The Hall–Kier alpha value is -3.43. The maximum atomic E-state index is 13.5. The first-order valence-corrected chi connectivity index (χ1v) is 8.71. The van der Waals surface area contributed by atoms with E-state index in [2.05, 4.69) is 25.6 Å². The first kappa shape index (κ1) is 20.3. The molecule has 0 fully saturated rings. The van der Waals surface area contributed by atoms with Gasteiger partial charge in [-0.2, -0.15) is 0 Å². The molecule has 0 spiro atoms. The predicted octanol–water partition coefficient (Wildman–Crippen LogP) is 3.33. The third-order valence-corrected chi connectivity index (χ3v) is 4.51. The van der Waals surface area contributed by atoms with E-state index in [0.717, 1.165) is 0 Å². The standard InChI is InChI=1S/C19H19F3N6O/c1-9(19(2,21)22)27-18(29)12-7-25-17-16(12)28-14(8-26-17)15(23)11-5-4-10(20)6-13(11)24-3/h4-9,23-24H,1-3H3,(H,25,26)(H,27,29)/t9-/m1/s1. The van der Waals surface area contributed by atoms with Crippen LogP contribution in [0.4, 0.5) is 18.9 Å². The van der Waals surface area contributed by atoms with Crippen molar-refractivity contribution in [1.82, 2.24) is 20.3 Å². The van der Waals surface area contributed by atoms with Gasteiger partial charge in [-0.05, 0) is 25.1 Å². The maximum absolute atomic E-state index is 13.5. The van der Waals surface area contributed by atoms with E-state index in [9.17, 15) is 18.0 Å². The Morgan fingerprint density at radius 1 is 1.31 bits per heavy atom. The van der Waals surface area contributed by atoms with Crippen molar-refractivity contribution in [2.75, 3.05) is 12.4 Å². The number of carbonyl (C=O) groups is 1. The summed E-state index contributed by atoms with van der Waals surface area (Å²) in [6.07, 6.45) is 2.67. The Bertz CT molecular complexity index is 1090. The van der Waals surface area contributed by atoms with Crippen molar-refractivity contribution in [2.45, 2.75) is 25.8 Å². The number of hydrogen-bond acceptors (Lipinski definition) is 5. The van der Waals surface area contributed by atoms with Crippen molar-refractivity contribution >= 4 is 28.5 Å². The van der Waals surface area contributed by atoms with Crippen molar-refractivity contribution in [2.24, 2.45) is 0 Å². The molecular formula is C19H19F3N6O. The van der Waals surface area contributed by atoms with Crippen LogP contribution < -0.4 is 10.6 Å². The highest BCUT2D eigenvalue weighted by molar-refractivity contribution is 6.14. The fourth-order valence-corrected chi connectivity index (χ4v) is 2.67. The van der Waals surface area contributed by atoms with Crippen LogP contribution in [0.5, 0.6) is 0 Å².